The summed E-state index contributed by atoms with van der Waals surface area (Å²) in [6.45, 7) is 7.97. The quantitative estimate of drug-likeness (QED) is 0.526. The second-order valence-corrected chi connectivity index (χ2v) is 5.70. The summed E-state index contributed by atoms with van der Waals surface area (Å²) >= 11 is 0. The van der Waals surface area contributed by atoms with Gasteiger partial charge < -0.3 is 0 Å². The number of fused-ring (bicyclic) bond motifs is 4. The Kier molecular flexibility index (Phi) is 2.38. The zero-order valence-corrected chi connectivity index (χ0v) is 9.86. The first kappa shape index (κ1) is 10.1. The van der Waals surface area contributed by atoms with Crippen molar-refractivity contribution in [1.29, 1.82) is 0 Å². The average molecular weight is 212 g/mol. The zero-order valence-electron chi connectivity index (χ0n) is 9.86. The van der Waals surface area contributed by atoms with Crippen LogP contribution in [0.5, 0.6) is 0 Å². The number of hydrogen-bond acceptors (Lipinski definition) is 0. The van der Waals surface area contributed by atoms with Crippen LogP contribution < -0.4 is 0 Å². The summed E-state index contributed by atoms with van der Waals surface area (Å²) in [5, 5.41) is 0. The molecule has 0 heteroatoms. The van der Waals surface area contributed by atoms with Crippen LogP contribution >= 0.6 is 0 Å². The summed E-state index contributed by atoms with van der Waals surface area (Å²) in [7, 11) is 0. The fraction of sp³-hybridized carbons (Fsp3) is 0.500. The van der Waals surface area contributed by atoms with E-state index in [1.807, 2.05) is 0 Å². The van der Waals surface area contributed by atoms with Crippen molar-refractivity contribution in [3.05, 3.63) is 48.6 Å². The summed E-state index contributed by atoms with van der Waals surface area (Å²) < 4.78 is 0. The topological polar surface area (TPSA) is 0 Å². The SMILES string of the molecule is C=C1CC2C=CC1C2.C=C1CC2C=CC1C2. The molecule has 0 N–H and O–H groups in total. The molecule has 0 radical (unpaired) electrons. The molecule has 0 saturated heterocycles. The Labute approximate surface area is 98.4 Å². The third-order valence-electron chi connectivity index (χ3n) is 4.44. The molecule has 0 amide bonds. The van der Waals surface area contributed by atoms with Crippen LogP contribution in [-0.4, -0.2) is 0 Å². The first-order valence-electron chi connectivity index (χ1n) is 6.44. The van der Waals surface area contributed by atoms with Crippen LogP contribution in [0.2, 0.25) is 0 Å². The van der Waals surface area contributed by atoms with Crippen LogP contribution in [0.3, 0.4) is 0 Å². The highest BCUT2D eigenvalue weighted by molar-refractivity contribution is 5.25. The lowest BCUT2D eigenvalue weighted by atomic mass is 10.0. The Bertz CT molecular complexity index is 345. The predicted octanol–water partition coefficient (Wildman–Crippen LogP) is 4.28. The van der Waals surface area contributed by atoms with Gasteiger partial charge in [0.1, 0.15) is 0 Å². The summed E-state index contributed by atoms with van der Waals surface area (Å²) in [6.07, 6.45) is 14.5. The third kappa shape index (κ3) is 1.71. The lowest BCUT2D eigenvalue weighted by Gasteiger charge is -2.02. The Morgan fingerprint density at radius 1 is 0.750 bits per heavy atom. The molecule has 2 saturated carbocycles. The Balaban J connectivity index is 0.000000101. The fourth-order valence-corrected chi connectivity index (χ4v) is 3.43. The van der Waals surface area contributed by atoms with Gasteiger partial charge in [0.2, 0.25) is 0 Å². The van der Waals surface area contributed by atoms with Crippen LogP contribution in [0.25, 0.3) is 0 Å². The molecule has 0 heterocycles. The van der Waals surface area contributed by atoms with E-state index < -0.39 is 0 Å². The van der Waals surface area contributed by atoms with Gasteiger partial charge in [0.25, 0.3) is 0 Å². The van der Waals surface area contributed by atoms with Crippen LogP contribution in [0, 0.1) is 23.7 Å². The van der Waals surface area contributed by atoms with E-state index in [0.717, 1.165) is 23.7 Å². The van der Waals surface area contributed by atoms with Crippen molar-refractivity contribution in [1.82, 2.24) is 0 Å². The van der Waals surface area contributed by atoms with Gasteiger partial charge >= 0.3 is 0 Å². The lowest BCUT2D eigenvalue weighted by Crippen LogP contribution is -1.88. The van der Waals surface area contributed by atoms with E-state index in [2.05, 4.69) is 37.5 Å². The smallest absolute Gasteiger partial charge is 0.00199 e. The van der Waals surface area contributed by atoms with Gasteiger partial charge in [-0.2, -0.15) is 0 Å². The van der Waals surface area contributed by atoms with Gasteiger partial charge in [-0.1, -0.05) is 48.6 Å². The van der Waals surface area contributed by atoms with E-state index in [-0.39, 0.29) is 0 Å². The minimum absolute atomic E-state index is 0.764. The van der Waals surface area contributed by atoms with Crippen LogP contribution in [-0.2, 0) is 0 Å². The highest BCUT2D eigenvalue weighted by Gasteiger charge is 2.29. The van der Waals surface area contributed by atoms with Gasteiger partial charge in [-0.05, 0) is 49.4 Å². The van der Waals surface area contributed by atoms with Crippen molar-refractivity contribution in [2.24, 2.45) is 23.7 Å². The molecule has 4 rings (SSSR count). The highest BCUT2D eigenvalue weighted by Crippen LogP contribution is 2.42. The van der Waals surface area contributed by atoms with Gasteiger partial charge in [0, 0.05) is 0 Å². The van der Waals surface area contributed by atoms with Crippen LogP contribution in [0.4, 0.5) is 0 Å². The van der Waals surface area contributed by atoms with Gasteiger partial charge in [0.15, 0.2) is 0 Å². The van der Waals surface area contributed by atoms with Gasteiger partial charge in [-0.3, -0.25) is 0 Å². The molecule has 16 heavy (non-hydrogen) atoms. The maximum atomic E-state index is 3.99. The molecule has 4 unspecified atom stereocenters. The van der Waals surface area contributed by atoms with Crippen LogP contribution in [0.15, 0.2) is 48.6 Å². The summed E-state index contributed by atoms with van der Waals surface area (Å²) in [6, 6.07) is 0. The second-order valence-electron chi connectivity index (χ2n) is 5.70. The molecular formula is C16H20. The van der Waals surface area contributed by atoms with E-state index in [9.17, 15) is 0 Å². The summed E-state index contributed by atoms with van der Waals surface area (Å²) in [5.74, 6) is 3.26. The molecular weight excluding hydrogens is 192 g/mol. The summed E-state index contributed by atoms with van der Waals surface area (Å²) in [4.78, 5) is 0. The number of rotatable bonds is 0. The van der Waals surface area contributed by atoms with E-state index in [4.69, 9.17) is 0 Å². The molecule has 0 nitrogen and oxygen atoms in total. The molecule has 4 aliphatic carbocycles. The molecule has 2 fully saturated rings. The fourth-order valence-electron chi connectivity index (χ4n) is 3.43. The number of hydrogen-bond donors (Lipinski definition) is 0. The monoisotopic (exact) mass is 212 g/mol. The maximum Gasteiger partial charge on any atom is -0.00199 e. The minimum Gasteiger partial charge on any atom is -0.0992 e. The molecule has 0 aliphatic heterocycles. The van der Waals surface area contributed by atoms with Crippen molar-refractivity contribution in [2.75, 3.05) is 0 Å². The van der Waals surface area contributed by atoms with Crippen molar-refractivity contribution < 1.29 is 0 Å². The molecule has 4 atom stereocenters. The molecule has 84 valence electrons. The Morgan fingerprint density at radius 3 is 1.31 bits per heavy atom. The molecule has 0 spiro atoms. The minimum atomic E-state index is 0.764. The molecule has 0 aromatic rings. The zero-order chi connectivity index (χ0) is 11.1. The first-order valence-corrected chi connectivity index (χ1v) is 6.44. The van der Waals surface area contributed by atoms with Crippen molar-refractivity contribution in [3.8, 4) is 0 Å². The summed E-state index contributed by atoms with van der Waals surface area (Å²) in [5.41, 5.74) is 2.91. The predicted molar refractivity (Wildman–Crippen MR) is 69.0 cm³/mol. The third-order valence-corrected chi connectivity index (χ3v) is 4.44. The van der Waals surface area contributed by atoms with Crippen molar-refractivity contribution in [2.45, 2.75) is 25.7 Å². The van der Waals surface area contributed by atoms with Gasteiger partial charge in [-0.15, -0.1) is 0 Å². The van der Waals surface area contributed by atoms with Gasteiger partial charge in [0.05, 0.1) is 0 Å². The second kappa shape index (κ2) is 3.76. The van der Waals surface area contributed by atoms with Crippen molar-refractivity contribution in [3.63, 3.8) is 0 Å². The average Bonchev–Trinajstić information content (AvgIpc) is 2.94. The molecule has 4 bridgehead atoms. The van der Waals surface area contributed by atoms with E-state index in [1.165, 1.54) is 36.8 Å². The molecule has 0 aromatic heterocycles. The lowest BCUT2D eigenvalue weighted by molar-refractivity contribution is 0.693. The number of allylic oxidation sites excluding steroid dienone is 6. The van der Waals surface area contributed by atoms with Gasteiger partial charge in [-0.25, -0.2) is 0 Å². The standard InChI is InChI=1S/2C8H10/c2*1-6-4-7-2-3-8(6)5-7/h2*2-3,7-8H,1,4-5H2. The van der Waals surface area contributed by atoms with E-state index in [0.29, 0.717) is 0 Å². The van der Waals surface area contributed by atoms with Crippen molar-refractivity contribution >= 4 is 0 Å². The maximum absolute atomic E-state index is 3.99. The Morgan fingerprint density at radius 2 is 1.19 bits per heavy atom. The highest BCUT2D eigenvalue weighted by atomic mass is 14.3. The van der Waals surface area contributed by atoms with E-state index >= 15 is 0 Å². The largest absolute Gasteiger partial charge is 0.0992 e. The molecule has 0 aromatic carbocycles. The molecule has 4 aliphatic rings. The van der Waals surface area contributed by atoms with E-state index in [1.54, 1.807) is 0 Å². The first-order chi connectivity index (χ1) is 7.72. The Hall–Kier alpha value is -1.04. The van der Waals surface area contributed by atoms with Crippen LogP contribution in [0.1, 0.15) is 25.7 Å². The normalized spacial score (nSPS) is 41.8.